The molecule has 3 rings (SSSR count). The fraction of sp³-hybridized carbons (Fsp3) is 0.318. The zero-order chi connectivity index (χ0) is 19.9. The molecule has 3 aromatic rings. The Bertz CT molecular complexity index is 911. The van der Waals surface area contributed by atoms with E-state index < -0.39 is 0 Å². The molecule has 0 unspecified atom stereocenters. The predicted molar refractivity (Wildman–Crippen MR) is 112 cm³/mol. The lowest BCUT2D eigenvalue weighted by Gasteiger charge is -2.17. The number of aromatic nitrogens is 2. The number of benzene rings is 2. The van der Waals surface area contributed by atoms with E-state index in [0.29, 0.717) is 23.6 Å². The Morgan fingerprint density at radius 1 is 1.11 bits per heavy atom. The van der Waals surface area contributed by atoms with E-state index in [1.54, 1.807) is 0 Å². The highest BCUT2D eigenvalue weighted by Gasteiger charge is 2.20. The molecule has 5 nitrogen and oxygen atoms in total. The zero-order valence-corrected chi connectivity index (χ0v) is 17.2. The van der Waals surface area contributed by atoms with Crippen LogP contribution in [0.25, 0.3) is 11.5 Å². The number of carbonyl (C=O) groups is 1. The molecule has 0 aliphatic heterocycles. The lowest BCUT2D eigenvalue weighted by atomic mass is 9.96. The molecule has 1 N–H and O–H groups in total. The van der Waals surface area contributed by atoms with E-state index in [1.165, 1.54) is 17.3 Å². The molecule has 0 aliphatic rings. The number of amides is 1. The van der Waals surface area contributed by atoms with Gasteiger partial charge in [-0.2, -0.15) is 0 Å². The highest BCUT2D eigenvalue weighted by atomic mass is 32.2. The van der Waals surface area contributed by atoms with Gasteiger partial charge in [0, 0.05) is 18.0 Å². The summed E-state index contributed by atoms with van der Waals surface area (Å²) in [5.74, 6) is 0.747. The van der Waals surface area contributed by atoms with Crippen molar-refractivity contribution in [2.45, 2.75) is 43.6 Å². The molecule has 0 aliphatic carbocycles. The minimum Gasteiger partial charge on any atom is -0.411 e. The molecule has 1 amide bonds. The molecule has 146 valence electrons. The fourth-order valence-corrected chi connectivity index (χ4v) is 3.68. The Labute approximate surface area is 170 Å². The highest BCUT2D eigenvalue weighted by Crippen LogP contribution is 2.28. The van der Waals surface area contributed by atoms with Gasteiger partial charge in [-0.25, -0.2) is 0 Å². The fourth-order valence-electron chi connectivity index (χ4n) is 2.97. The Morgan fingerprint density at radius 2 is 1.82 bits per heavy atom. The minimum absolute atomic E-state index is 0.0324. The SMILES string of the molecule is CC[C@@H](CNC(=O)[C@H](C)Sc1nnc(-c2ccccc2C)o1)c1ccccc1. The van der Waals surface area contributed by atoms with Gasteiger partial charge >= 0.3 is 0 Å². The highest BCUT2D eigenvalue weighted by molar-refractivity contribution is 8.00. The second kappa shape index (κ2) is 9.55. The van der Waals surface area contributed by atoms with Crippen LogP contribution in [0, 0.1) is 6.92 Å². The van der Waals surface area contributed by atoms with Crippen LogP contribution in [0.3, 0.4) is 0 Å². The maximum Gasteiger partial charge on any atom is 0.277 e. The van der Waals surface area contributed by atoms with E-state index >= 15 is 0 Å². The number of aryl methyl sites for hydroxylation is 1. The van der Waals surface area contributed by atoms with E-state index in [1.807, 2.05) is 56.3 Å². The normalized spacial score (nSPS) is 13.1. The molecule has 0 saturated carbocycles. The van der Waals surface area contributed by atoms with Gasteiger partial charge in [0.25, 0.3) is 5.22 Å². The predicted octanol–water partition coefficient (Wildman–Crippen LogP) is 4.84. The Kier molecular flexibility index (Phi) is 6.87. The first-order chi connectivity index (χ1) is 13.6. The summed E-state index contributed by atoms with van der Waals surface area (Å²) in [5.41, 5.74) is 3.22. The number of nitrogens with zero attached hydrogens (tertiary/aromatic N) is 2. The molecule has 1 heterocycles. The van der Waals surface area contributed by atoms with Gasteiger partial charge in [-0.15, -0.1) is 10.2 Å². The first-order valence-electron chi connectivity index (χ1n) is 9.47. The molecule has 0 fully saturated rings. The van der Waals surface area contributed by atoms with Crippen LogP contribution in [0.2, 0.25) is 0 Å². The van der Waals surface area contributed by atoms with Crippen LogP contribution >= 0.6 is 11.8 Å². The van der Waals surface area contributed by atoms with Gasteiger partial charge in [0.15, 0.2) is 0 Å². The molecular weight excluding hydrogens is 370 g/mol. The molecule has 2 aromatic carbocycles. The lowest BCUT2D eigenvalue weighted by Crippen LogP contribution is -2.34. The standard InChI is InChI=1S/C22H25N3O2S/c1-4-17(18-11-6-5-7-12-18)14-23-20(26)16(3)28-22-25-24-21(27-22)19-13-9-8-10-15(19)2/h5-13,16-17H,4,14H2,1-3H3,(H,23,26)/t16-,17-/m0/s1. The molecule has 2 atom stereocenters. The second-order valence-electron chi connectivity index (χ2n) is 6.71. The molecule has 0 spiro atoms. The van der Waals surface area contributed by atoms with Crippen molar-refractivity contribution in [2.75, 3.05) is 6.54 Å². The van der Waals surface area contributed by atoms with Crippen molar-refractivity contribution in [1.29, 1.82) is 0 Å². The maximum absolute atomic E-state index is 12.5. The summed E-state index contributed by atoms with van der Waals surface area (Å²) in [6.07, 6.45) is 0.968. The monoisotopic (exact) mass is 395 g/mol. The number of hydrogen-bond acceptors (Lipinski definition) is 5. The average Bonchev–Trinajstić information content (AvgIpc) is 3.17. The largest absolute Gasteiger partial charge is 0.411 e. The summed E-state index contributed by atoms with van der Waals surface area (Å²) in [5, 5.41) is 11.3. The van der Waals surface area contributed by atoms with Gasteiger partial charge in [-0.3, -0.25) is 4.79 Å². The summed E-state index contributed by atoms with van der Waals surface area (Å²) in [4.78, 5) is 12.5. The quantitative estimate of drug-likeness (QED) is 0.553. The summed E-state index contributed by atoms with van der Waals surface area (Å²) >= 11 is 1.28. The number of thioether (sulfide) groups is 1. The third-order valence-corrected chi connectivity index (χ3v) is 5.65. The van der Waals surface area contributed by atoms with Gasteiger partial charge in [0.05, 0.1) is 5.25 Å². The molecule has 28 heavy (non-hydrogen) atoms. The first kappa shape index (κ1) is 20.1. The third-order valence-electron chi connectivity index (χ3n) is 4.72. The summed E-state index contributed by atoms with van der Waals surface area (Å²) in [6, 6.07) is 18.1. The van der Waals surface area contributed by atoms with Crippen molar-refractivity contribution in [3.8, 4) is 11.5 Å². The summed E-state index contributed by atoms with van der Waals surface area (Å²) in [7, 11) is 0. The van der Waals surface area contributed by atoms with Crippen molar-refractivity contribution in [3.05, 3.63) is 65.7 Å². The van der Waals surface area contributed by atoms with Crippen molar-refractivity contribution in [1.82, 2.24) is 15.5 Å². The molecule has 0 bridgehead atoms. The van der Waals surface area contributed by atoms with Crippen molar-refractivity contribution in [2.24, 2.45) is 0 Å². The van der Waals surface area contributed by atoms with Crippen LogP contribution in [0.1, 0.15) is 37.3 Å². The Balaban J connectivity index is 1.57. The smallest absolute Gasteiger partial charge is 0.277 e. The van der Waals surface area contributed by atoms with Gasteiger partial charge in [0.1, 0.15) is 0 Å². The number of nitrogens with one attached hydrogen (secondary N) is 1. The van der Waals surface area contributed by atoms with Crippen molar-refractivity contribution >= 4 is 17.7 Å². The third kappa shape index (κ3) is 5.01. The Morgan fingerprint density at radius 3 is 2.54 bits per heavy atom. The Hall–Kier alpha value is -2.60. The summed E-state index contributed by atoms with van der Waals surface area (Å²) < 4.78 is 5.75. The molecule has 1 aromatic heterocycles. The number of carbonyl (C=O) groups excluding carboxylic acids is 1. The van der Waals surface area contributed by atoms with E-state index in [0.717, 1.165) is 17.5 Å². The lowest BCUT2D eigenvalue weighted by molar-refractivity contribution is -0.120. The van der Waals surface area contributed by atoms with Crippen LogP contribution in [-0.2, 0) is 4.79 Å². The molecular formula is C22H25N3O2S. The van der Waals surface area contributed by atoms with E-state index in [2.05, 4.69) is 34.6 Å². The second-order valence-corrected chi connectivity index (χ2v) is 8.00. The molecule has 6 heteroatoms. The first-order valence-corrected chi connectivity index (χ1v) is 10.3. The summed E-state index contributed by atoms with van der Waals surface area (Å²) in [6.45, 7) is 6.59. The van der Waals surface area contributed by atoms with Gasteiger partial charge in [-0.05, 0) is 37.5 Å². The zero-order valence-electron chi connectivity index (χ0n) is 16.4. The van der Waals surface area contributed by atoms with E-state index in [4.69, 9.17) is 4.42 Å². The van der Waals surface area contributed by atoms with E-state index in [-0.39, 0.29) is 11.2 Å². The van der Waals surface area contributed by atoms with Crippen LogP contribution < -0.4 is 5.32 Å². The minimum atomic E-state index is -0.321. The molecule has 0 radical (unpaired) electrons. The van der Waals surface area contributed by atoms with Crippen LogP contribution in [0.5, 0.6) is 0 Å². The van der Waals surface area contributed by atoms with Crippen LogP contribution in [-0.4, -0.2) is 27.9 Å². The topological polar surface area (TPSA) is 68.0 Å². The number of rotatable bonds is 8. The van der Waals surface area contributed by atoms with Crippen LogP contribution in [0.15, 0.2) is 64.2 Å². The van der Waals surface area contributed by atoms with Crippen LogP contribution in [0.4, 0.5) is 0 Å². The van der Waals surface area contributed by atoms with Crippen molar-refractivity contribution in [3.63, 3.8) is 0 Å². The van der Waals surface area contributed by atoms with E-state index in [9.17, 15) is 4.79 Å². The van der Waals surface area contributed by atoms with Gasteiger partial charge < -0.3 is 9.73 Å². The van der Waals surface area contributed by atoms with Crippen molar-refractivity contribution < 1.29 is 9.21 Å². The number of hydrogen-bond donors (Lipinski definition) is 1. The van der Waals surface area contributed by atoms with Gasteiger partial charge in [-0.1, -0.05) is 67.2 Å². The maximum atomic E-state index is 12.5. The van der Waals surface area contributed by atoms with Gasteiger partial charge in [0.2, 0.25) is 11.8 Å². The average molecular weight is 396 g/mol. The molecule has 0 saturated heterocycles.